The predicted molar refractivity (Wildman–Crippen MR) is 99.5 cm³/mol. The third-order valence-corrected chi connectivity index (χ3v) is 4.78. The molecule has 1 aliphatic carbocycles. The average Bonchev–Trinajstić information content (AvgIpc) is 3.34. The van der Waals surface area contributed by atoms with Gasteiger partial charge < -0.3 is 10.2 Å². The third-order valence-electron chi connectivity index (χ3n) is 4.78. The normalized spacial score (nSPS) is 15.2. The number of rotatable bonds is 6. The maximum atomic E-state index is 12.6. The van der Waals surface area contributed by atoms with Crippen molar-refractivity contribution >= 4 is 11.6 Å². The van der Waals surface area contributed by atoms with E-state index in [-0.39, 0.29) is 12.9 Å². The van der Waals surface area contributed by atoms with E-state index in [0.717, 1.165) is 24.9 Å². The number of pyridine rings is 1. The van der Waals surface area contributed by atoms with E-state index in [2.05, 4.69) is 41.2 Å². The Kier molecular flexibility index (Phi) is 4.56. The number of nitrogens with zero attached hydrogens (tertiary/aromatic N) is 2. The number of aromatic nitrogens is 1. The molecule has 3 rings (SSSR count). The highest BCUT2D eigenvalue weighted by Crippen LogP contribution is 2.38. The van der Waals surface area contributed by atoms with E-state index in [1.54, 1.807) is 6.20 Å². The minimum Gasteiger partial charge on any atom is -0.372 e. The van der Waals surface area contributed by atoms with E-state index in [4.69, 9.17) is 0 Å². The zero-order chi connectivity index (χ0) is 17.2. The minimum absolute atomic E-state index is 0. The van der Waals surface area contributed by atoms with Gasteiger partial charge in [-0.25, -0.2) is 0 Å². The second-order valence-corrected chi connectivity index (χ2v) is 7.00. The van der Waals surface area contributed by atoms with Crippen molar-refractivity contribution in [2.24, 2.45) is 0 Å². The van der Waals surface area contributed by atoms with Gasteiger partial charge in [0.2, 0.25) is 0 Å². The Balaban J connectivity index is 0.00000225. The summed E-state index contributed by atoms with van der Waals surface area (Å²) in [7, 11) is 2.03. The number of nitrogens with one attached hydrogen (secondary N) is 1. The van der Waals surface area contributed by atoms with Crippen molar-refractivity contribution in [2.75, 3.05) is 11.9 Å². The second kappa shape index (κ2) is 6.63. The Labute approximate surface area is 145 Å². The molecule has 0 saturated heterocycles. The third kappa shape index (κ3) is 3.75. The Morgan fingerprint density at radius 3 is 2.62 bits per heavy atom. The molecule has 0 radical (unpaired) electrons. The van der Waals surface area contributed by atoms with Crippen molar-refractivity contribution in [3.63, 3.8) is 0 Å². The van der Waals surface area contributed by atoms with E-state index >= 15 is 0 Å². The quantitative estimate of drug-likeness (QED) is 0.881. The maximum absolute atomic E-state index is 12.6. The highest BCUT2D eigenvalue weighted by Gasteiger charge is 2.44. The number of hydrogen-bond acceptors (Lipinski definition) is 3. The molecule has 0 atom stereocenters. The number of carbonyl (C=O) groups excluding carboxylic acids is 1. The van der Waals surface area contributed by atoms with Crippen LogP contribution in [0.3, 0.4) is 0 Å². The van der Waals surface area contributed by atoms with Gasteiger partial charge in [-0.2, -0.15) is 0 Å². The van der Waals surface area contributed by atoms with Gasteiger partial charge in [-0.3, -0.25) is 9.78 Å². The van der Waals surface area contributed by atoms with E-state index in [1.165, 1.54) is 5.56 Å². The molecule has 0 aliphatic heterocycles. The van der Waals surface area contributed by atoms with Crippen LogP contribution < -0.4 is 10.2 Å². The fourth-order valence-corrected chi connectivity index (χ4v) is 2.85. The summed E-state index contributed by atoms with van der Waals surface area (Å²) in [6.07, 6.45) is 4.64. The van der Waals surface area contributed by atoms with Crippen molar-refractivity contribution in [2.45, 2.75) is 44.7 Å². The maximum Gasteiger partial charge on any atom is 0.270 e. The smallest absolute Gasteiger partial charge is 0.270 e. The van der Waals surface area contributed by atoms with Crippen molar-refractivity contribution in [1.82, 2.24) is 10.3 Å². The summed E-state index contributed by atoms with van der Waals surface area (Å²) < 4.78 is 0. The molecule has 0 bridgehead atoms. The van der Waals surface area contributed by atoms with Gasteiger partial charge in [-0.05, 0) is 50.8 Å². The molecular formula is C20H27N3O. The highest BCUT2D eigenvalue weighted by molar-refractivity contribution is 5.94. The SMILES string of the molecule is CC(C)N(C)c1ccnc(C(=O)NC2(Cc3ccccc3)CC2)c1.[HH]. The number of hydrogen-bond donors (Lipinski definition) is 1. The predicted octanol–water partition coefficient (Wildman–Crippen LogP) is 3.68. The molecule has 0 unspecified atom stereocenters. The van der Waals surface area contributed by atoms with Gasteiger partial charge in [0, 0.05) is 31.9 Å². The molecule has 1 aromatic heterocycles. The Morgan fingerprint density at radius 1 is 1.29 bits per heavy atom. The molecule has 128 valence electrons. The average molecular weight is 325 g/mol. The zero-order valence-electron chi connectivity index (χ0n) is 14.6. The van der Waals surface area contributed by atoms with Gasteiger partial charge in [-0.15, -0.1) is 0 Å². The first-order valence-corrected chi connectivity index (χ1v) is 8.54. The first kappa shape index (κ1) is 16.5. The molecule has 1 fully saturated rings. The van der Waals surface area contributed by atoms with Crippen LogP contribution in [0.25, 0.3) is 0 Å². The van der Waals surface area contributed by atoms with Crippen LogP contribution >= 0.6 is 0 Å². The summed E-state index contributed by atoms with van der Waals surface area (Å²) in [5, 5.41) is 3.21. The molecule has 4 nitrogen and oxygen atoms in total. The summed E-state index contributed by atoms with van der Waals surface area (Å²) >= 11 is 0. The lowest BCUT2D eigenvalue weighted by Gasteiger charge is -2.24. The molecule has 1 amide bonds. The Bertz CT molecular complexity index is 714. The monoisotopic (exact) mass is 325 g/mol. The molecule has 4 heteroatoms. The number of carbonyl (C=O) groups is 1. The fourth-order valence-electron chi connectivity index (χ4n) is 2.85. The number of benzene rings is 1. The van der Waals surface area contributed by atoms with Crippen LogP contribution in [0.15, 0.2) is 48.7 Å². The Hall–Kier alpha value is -2.36. The van der Waals surface area contributed by atoms with Crippen LogP contribution in [0.4, 0.5) is 5.69 Å². The van der Waals surface area contributed by atoms with Gasteiger partial charge in [0.1, 0.15) is 5.69 Å². The minimum atomic E-state index is -0.0972. The lowest BCUT2D eigenvalue weighted by molar-refractivity contribution is 0.0926. The van der Waals surface area contributed by atoms with Gasteiger partial charge in [0.15, 0.2) is 0 Å². The van der Waals surface area contributed by atoms with Crippen molar-refractivity contribution in [3.05, 3.63) is 59.9 Å². The molecule has 0 spiro atoms. The highest BCUT2D eigenvalue weighted by atomic mass is 16.2. The summed E-state index contributed by atoms with van der Waals surface area (Å²) in [5.74, 6) is -0.0811. The van der Waals surface area contributed by atoms with Crippen molar-refractivity contribution in [3.8, 4) is 0 Å². The van der Waals surface area contributed by atoms with Crippen LogP contribution in [0.5, 0.6) is 0 Å². The molecule has 1 aliphatic rings. The molecule has 1 N–H and O–H groups in total. The number of anilines is 1. The van der Waals surface area contributed by atoms with Crippen LogP contribution in [0.1, 0.15) is 44.2 Å². The van der Waals surface area contributed by atoms with Crippen LogP contribution in [0, 0.1) is 0 Å². The van der Waals surface area contributed by atoms with E-state index in [9.17, 15) is 4.79 Å². The second-order valence-electron chi connectivity index (χ2n) is 7.00. The lowest BCUT2D eigenvalue weighted by atomic mass is 10.0. The lowest BCUT2D eigenvalue weighted by Crippen LogP contribution is -2.39. The first-order valence-electron chi connectivity index (χ1n) is 8.54. The standard InChI is InChI=1S/C20H25N3O.H2/c1-15(2)23(3)17-9-12-21-18(13-17)19(24)22-20(10-11-20)14-16-7-5-4-6-8-16;/h4-9,12-13,15H,10-11,14H2,1-3H3,(H,22,24);1H. The van der Waals surface area contributed by atoms with Crippen molar-refractivity contribution in [1.29, 1.82) is 0 Å². The van der Waals surface area contributed by atoms with E-state index in [1.807, 2.05) is 37.4 Å². The molecule has 1 aromatic carbocycles. The summed E-state index contributed by atoms with van der Waals surface area (Å²) in [6, 6.07) is 14.5. The summed E-state index contributed by atoms with van der Waals surface area (Å²) in [4.78, 5) is 19.0. The van der Waals surface area contributed by atoms with Crippen LogP contribution in [0.2, 0.25) is 0 Å². The Morgan fingerprint density at radius 2 is 2.00 bits per heavy atom. The topological polar surface area (TPSA) is 45.2 Å². The van der Waals surface area contributed by atoms with Gasteiger partial charge in [0.25, 0.3) is 5.91 Å². The molecular weight excluding hydrogens is 298 g/mol. The zero-order valence-corrected chi connectivity index (χ0v) is 14.6. The largest absolute Gasteiger partial charge is 0.372 e. The molecule has 2 aromatic rings. The molecule has 1 heterocycles. The summed E-state index contributed by atoms with van der Waals surface area (Å²) in [5.41, 5.74) is 2.66. The molecule has 1 saturated carbocycles. The summed E-state index contributed by atoms with van der Waals surface area (Å²) in [6.45, 7) is 4.25. The molecule has 24 heavy (non-hydrogen) atoms. The van der Waals surface area contributed by atoms with Crippen LogP contribution in [-0.2, 0) is 6.42 Å². The van der Waals surface area contributed by atoms with Crippen LogP contribution in [-0.4, -0.2) is 29.5 Å². The van der Waals surface area contributed by atoms with Gasteiger partial charge in [-0.1, -0.05) is 30.3 Å². The van der Waals surface area contributed by atoms with Gasteiger partial charge in [0.05, 0.1) is 0 Å². The van der Waals surface area contributed by atoms with E-state index < -0.39 is 0 Å². The first-order chi connectivity index (χ1) is 11.5. The van der Waals surface area contributed by atoms with E-state index in [0.29, 0.717) is 11.7 Å². The van der Waals surface area contributed by atoms with Gasteiger partial charge >= 0.3 is 0 Å². The fraction of sp³-hybridized carbons (Fsp3) is 0.400. The number of amides is 1. The van der Waals surface area contributed by atoms with Crippen molar-refractivity contribution < 1.29 is 6.22 Å².